The van der Waals surface area contributed by atoms with Gasteiger partial charge in [-0.15, -0.1) is 0 Å². The van der Waals surface area contributed by atoms with E-state index in [0.29, 0.717) is 35.2 Å². The molecule has 4 aromatic carbocycles. The molecule has 0 saturated heterocycles. The lowest BCUT2D eigenvalue weighted by atomic mass is 10.0. The standard InChI is InChI=1S/C36H33F2N5O6.C5H12O.C2H8N2O/c37-25-12-6-13-26(38)33(25)49-20-31(45)27(17-18-44)41-35(47)30-19-22-8-2-4-14-29(22)43(30)36(48)28(15-16-32(39)40)42-34(46)24-11-5-9-21-7-1-3-10-23(21)24;1-5(2,3)6-4;1-5-2-4-3/h1-14,18,27-28,30H,15-17,19-20H2,(H3,39,40)(H,41,47)(H,42,46);1-4H3;4H,2-3H2,1H3. The van der Waals surface area contributed by atoms with Crippen molar-refractivity contribution in [1.29, 1.82) is 5.41 Å². The quantitative estimate of drug-likeness (QED) is 0.0235. The van der Waals surface area contributed by atoms with Gasteiger partial charge in [-0.2, -0.15) is 0 Å². The summed E-state index contributed by atoms with van der Waals surface area (Å²) in [5.41, 5.74) is 9.32. The number of nitrogens with two attached hydrogens (primary N) is 2. The van der Waals surface area contributed by atoms with Gasteiger partial charge in [0.05, 0.1) is 17.5 Å². The van der Waals surface area contributed by atoms with Crippen LogP contribution in [0.5, 0.6) is 5.75 Å². The Hall–Kier alpha value is -6.14. The number of hydrazine groups is 1. The summed E-state index contributed by atoms with van der Waals surface area (Å²) >= 11 is 0. The summed E-state index contributed by atoms with van der Waals surface area (Å²) in [5.74, 6) is -1.11. The molecule has 5 rings (SSSR count). The number of fused-ring (bicyclic) bond motifs is 2. The van der Waals surface area contributed by atoms with E-state index in [9.17, 15) is 32.8 Å². The molecule has 322 valence electrons. The van der Waals surface area contributed by atoms with Gasteiger partial charge in [0.15, 0.2) is 23.2 Å². The molecule has 1 heterocycles. The highest BCUT2D eigenvalue weighted by Crippen LogP contribution is 2.33. The SMILES string of the molecule is COC(C)(C)C.COCNN.N=C(N)CCC(NC(=O)c1cccc2ccccc12)C(=O)N1c2ccccc2CC1C(=O)NC(CC=O)C(=O)COc1c(F)cccc1F. The summed E-state index contributed by atoms with van der Waals surface area (Å²) in [5, 5.41) is 14.5. The van der Waals surface area contributed by atoms with E-state index in [4.69, 9.17) is 26.5 Å². The highest BCUT2D eigenvalue weighted by atomic mass is 19.1. The molecule has 0 aromatic heterocycles. The number of hydrogen-bond acceptors (Lipinski definition) is 11. The Bertz CT molecular complexity index is 2090. The second-order valence-corrected chi connectivity index (χ2v) is 14.4. The molecular weight excluding hydrogens is 781 g/mol. The summed E-state index contributed by atoms with van der Waals surface area (Å²) < 4.78 is 42.5. The third-order valence-corrected chi connectivity index (χ3v) is 9.01. The van der Waals surface area contributed by atoms with Gasteiger partial charge < -0.3 is 35.4 Å². The predicted octanol–water partition coefficient (Wildman–Crippen LogP) is 4.10. The monoisotopic (exact) mass is 833 g/mol. The number of halogens is 2. The van der Waals surface area contributed by atoms with Crippen LogP contribution >= 0.6 is 0 Å². The highest BCUT2D eigenvalue weighted by molar-refractivity contribution is 6.11. The first kappa shape index (κ1) is 48.2. The number of carbonyl (C=O) groups is 5. The molecule has 3 amide bonds. The van der Waals surface area contributed by atoms with E-state index in [1.54, 1.807) is 62.8 Å². The molecule has 0 bridgehead atoms. The molecule has 4 aromatic rings. The van der Waals surface area contributed by atoms with Gasteiger partial charge >= 0.3 is 0 Å². The van der Waals surface area contributed by atoms with Crippen molar-refractivity contribution in [3.63, 3.8) is 0 Å². The molecule has 3 unspecified atom stereocenters. The topological polar surface area (TPSA) is 228 Å². The molecular formula is C43H53F2N7O8. The zero-order valence-corrected chi connectivity index (χ0v) is 34.3. The van der Waals surface area contributed by atoms with Gasteiger partial charge in [-0.3, -0.25) is 35.3 Å². The summed E-state index contributed by atoms with van der Waals surface area (Å²) in [6.07, 6.45) is -0.0998. The first-order valence-electron chi connectivity index (χ1n) is 18.9. The number of ether oxygens (including phenoxy) is 3. The Kier molecular flexibility index (Phi) is 18.9. The molecule has 0 fully saturated rings. The van der Waals surface area contributed by atoms with Crippen LogP contribution in [-0.4, -0.2) is 86.9 Å². The zero-order chi connectivity index (χ0) is 44.4. The van der Waals surface area contributed by atoms with Crippen LogP contribution in [0.1, 0.15) is 56.0 Å². The number of amidine groups is 1. The molecule has 15 nitrogen and oxygen atoms in total. The number of ketones is 1. The summed E-state index contributed by atoms with van der Waals surface area (Å²) in [6.45, 7) is 5.63. The first-order valence-corrected chi connectivity index (χ1v) is 18.9. The van der Waals surface area contributed by atoms with E-state index in [1.807, 2.05) is 39.0 Å². The maximum absolute atomic E-state index is 14.3. The summed E-state index contributed by atoms with van der Waals surface area (Å²) in [7, 11) is 3.28. The van der Waals surface area contributed by atoms with Crippen LogP contribution in [0, 0.1) is 17.0 Å². The van der Waals surface area contributed by atoms with E-state index in [2.05, 4.69) is 20.8 Å². The van der Waals surface area contributed by atoms with Gasteiger partial charge in [0.1, 0.15) is 31.7 Å². The fourth-order valence-corrected chi connectivity index (χ4v) is 5.84. The van der Waals surface area contributed by atoms with Crippen LogP contribution in [-0.2, 0) is 35.1 Å². The normalized spacial score (nSPS) is 13.9. The van der Waals surface area contributed by atoms with E-state index in [1.165, 1.54) is 4.90 Å². The van der Waals surface area contributed by atoms with Crippen molar-refractivity contribution >= 4 is 52.1 Å². The number of aldehydes is 1. The van der Waals surface area contributed by atoms with E-state index in [-0.39, 0.29) is 30.7 Å². The Balaban J connectivity index is 0.000000772. The third-order valence-electron chi connectivity index (χ3n) is 9.01. The molecule has 1 aliphatic heterocycles. The number of nitrogens with zero attached hydrogens (tertiary/aromatic N) is 1. The largest absolute Gasteiger partial charge is 0.480 e. The average molecular weight is 834 g/mol. The van der Waals surface area contributed by atoms with Crippen molar-refractivity contribution in [2.24, 2.45) is 11.6 Å². The van der Waals surface area contributed by atoms with Crippen molar-refractivity contribution in [2.45, 2.75) is 70.2 Å². The van der Waals surface area contributed by atoms with Crippen LogP contribution < -0.4 is 37.3 Å². The minimum absolute atomic E-state index is 0.0307. The maximum atomic E-state index is 14.3. The van der Waals surface area contributed by atoms with Crippen LogP contribution in [0.25, 0.3) is 10.8 Å². The average Bonchev–Trinajstić information content (AvgIpc) is 3.62. The molecule has 0 saturated carbocycles. The predicted molar refractivity (Wildman–Crippen MR) is 223 cm³/mol. The number of methoxy groups -OCH3 is 2. The van der Waals surface area contributed by atoms with Gasteiger partial charge in [-0.1, -0.05) is 60.7 Å². The van der Waals surface area contributed by atoms with E-state index < -0.39 is 72.0 Å². The lowest BCUT2D eigenvalue weighted by Crippen LogP contribution is -2.57. The van der Waals surface area contributed by atoms with Crippen LogP contribution in [0.15, 0.2) is 84.9 Å². The number of Topliss-reactive ketones (excluding diaryl/α,β-unsaturated/α-hetero) is 1. The molecule has 17 heteroatoms. The number of amides is 3. The van der Waals surface area contributed by atoms with Crippen LogP contribution in [0.4, 0.5) is 14.5 Å². The number of benzene rings is 4. The van der Waals surface area contributed by atoms with E-state index in [0.717, 1.165) is 23.6 Å². The van der Waals surface area contributed by atoms with Crippen molar-refractivity contribution in [3.8, 4) is 5.75 Å². The molecule has 1 aliphatic rings. The molecule has 3 atom stereocenters. The van der Waals surface area contributed by atoms with Crippen molar-refractivity contribution in [1.82, 2.24) is 16.1 Å². The number of anilines is 1. The Morgan fingerprint density at radius 2 is 1.53 bits per heavy atom. The van der Waals surface area contributed by atoms with Crippen LogP contribution in [0.3, 0.4) is 0 Å². The van der Waals surface area contributed by atoms with Crippen molar-refractivity contribution < 1.29 is 47.0 Å². The Morgan fingerprint density at radius 1 is 0.917 bits per heavy atom. The number of hydrogen-bond donors (Lipinski definition) is 6. The van der Waals surface area contributed by atoms with Gasteiger partial charge in [0, 0.05) is 44.7 Å². The number of rotatable bonds is 16. The molecule has 8 N–H and O–H groups in total. The Morgan fingerprint density at radius 3 is 2.13 bits per heavy atom. The van der Waals surface area contributed by atoms with Gasteiger partial charge in [-0.05, 0) is 67.8 Å². The fourth-order valence-electron chi connectivity index (χ4n) is 5.84. The zero-order valence-electron chi connectivity index (χ0n) is 34.3. The number of carbonyl (C=O) groups excluding carboxylic acids is 5. The highest BCUT2D eigenvalue weighted by Gasteiger charge is 2.42. The summed E-state index contributed by atoms with van der Waals surface area (Å²) in [6, 6.07) is 18.4. The minimum Gasteiger partial charge on any atom is -0.480 e. The molecule has 0 aliphatic carbocycles. The van der Waals surface area contributed by atoms with E-state index >= 15 is 0 Å². The molecule has 0 spiro atoms. The van der Waals surface area contributed by atoms with Crippen LogP contribution in [0.2, 0.25) is 0 Å². The summed E-state index contributed by atoms with van der Waals surface area (Å²) in [4.78, 5) is 67.5. The van der Waals surface area contributed by atoms with Gasteiger partial charge in [-0.25, -0.2) is 14.2 Å². The fraction of sp³-hybridized carbons (Fsp3) is 0.349. The Labute approximate surface area is 347 Å². The second-order valence-electron chi connectivity index (χ2n) is 14.4. The van der Waals surface area contributed by atoms with Crippen molar-refractivity contribution in [2.75, 3.05) is 32.5 Å². The number of para-hydroxylation sites is 2. The molecule has 60 heavy (non-hydrogen) atoms. The van der Waals surface area contributed by atoms with Crippen molar-refractivity contribution in [3.05, 3.63) is 108 Å². The second kappa shape index (κ2) is 23.5. The third kappa shape index (κ3) is 14.0. The molecule has 0 radical (unpaired) electrons. The first-order chi connectivity index (χ1) is 28.6. The number of nitrogens with one attached hydrogen (secondary N) is 4. The lowest BCUT2D eigenvalue weighted by molar-refractivity contribution is -0.131. The maximum Gasteiger partial charge on any atom is 0.252 e. The lowest BCUT2D eigenvalue weighted by Gasteiger charge is -2.30. The van der Waals surface area contributed by atoms with Gasteiger partial charge in [0.25, 0.3) is 5.91 Å². The van der Waals surface area contributed by atoms with Gasteiger partial charge in [0.2, 0.25) is 11.8 Å². The minimum atomic E-state index is -1.43. The smallest absolute Gasteiger partial charge is 0.252 e.